The van der Waals surface area contributed by atoms with Gasteiger partial charge in [0.25, 0.3) is 5.56 Å². The number of rotatable bonds is 5. The summed E-state index contributed by atoms with van der Waals surface area (Å²) in [7, 11) is 1.78. The van der Waals surface area contributed by atoms with Gasteiger partial charge in [0.15, 0.2) is 0 Å². The number of unbranched alkanes of at least 4 members (excludes halogenated alkanes) is 1. The standard InChI is InChI=1S/C14H21ClN4O2/c1-3-4-7-19-14(21)13(15)11(8-16-19)17-10-5-6-12(20)18(2)9-10/h8,10,17H,3-7,9H2,1-2H3. The molecule has 1 fully saturated rings. The fraction of sp³-hybridized carbons (Fsp3) is 0.643. The molecule has 21 heavy (non-hydrogen) atoms. The van der Waals surface area contributed by atoms with Crippen LogP contribution in [-0.4, -0.2) is 40.2 Å². The van der Waals surface area contributed by atoms with Gasteiger partial charge in [-0.2, -0.15) is 5.10 Å². The molecule has 1 aromatic heterocycles. The molecule has 1 amide bonds. The van der Waals surface area contributed by atoms with Crippen molar-refractivity contribution >= 4 is 23.2 Å². The number of anilines is 1. The molecule has 1 aliphatic heterocycles. The Balaban J connectivity index is 2.09. The molecule has 1 unspecified atom stereocenters. The Bertz CT molecular complexity index is 573. The number of nitrogens with one attached hydrogen (secondary N) is 1. The summed E-state index contributed by atoms with van der Waals surface area (Å²) < 4.78 is 1.40. The van der Waals surface area contributed by atoms with Gasteiger partial charge < -0.3 is 10.2 Å². The van der Waals surface area contributed by atoms with E-state index in [1.807, 2.05) is 0 Å². The molecule has 1 aliphatic rings. The SMILES string of the molecule is CCCCn1ncc(NC2CCC(=O)N(C)C2)c(Cl)c1=O. The number of amides is 1. The number of halogens is 1. The van der Waals surface area contributed by atoms with E-state index < -0.39 is 0 Å². The average Bonchev–Trinajstić information content (AvgIpc) is 2.47. The smallest absolute Gasteiger partial charge is 0.287 e. The van der Waals surface area contributed by atoms with Crippen molar-refractivity contribution < 1.29 is 4.79 Å². The molecule has 1 atom stereocenters. The number of hydrogen-bond donors (Lipinski definition) is 1. The largest absolute Gasteiger partial charge is 0.378 e. The average molecular weight is 313 g/mol. The molecule has 1 saturated heterocycles. The normalized spacial score (nSPS) is 18.9. The van der Waals surface area contributed by atoms with Crippen molar-refractivity contribution in [3.05, 3.63) is 21.6 Å². The van der Waals surface area contributed by atoms with Crippen LogP contribution in [0.25, 0.3) is 0 Å². The number of likely N-dealkylation sites (tertiary alicyclic amines) is 1. The first-order valence-electron chi connectivity index (χ1n) is 7.29. The van der Waals surface area contributed by atoms with Gasteiger partial charge in [-0.15, -0.1) is 0 Å². The van der Waals surface area contributed by atoms with Crippen molar-refractivity contribution in [2.24, 2.45) is 0 Å². The quantitative estimate of drug-likeness (QED) is 0.899. The van der Waals surface area contributed by atoms with Gasteiger partial charge in [0.05, 0.1) is 11.9 Å². The fourth-order valence-electron chi connectivity index (χ4n) is 2.38. The number of nitrogens with zero attached hydrogens (tertiary/aromatic N) is 3. The first-order valence-corrected chi connectivity index (χ1v) is 7.66. The maximum atomic E-state index is 12.1. The first kappa shape index (κ1) is 15.8. The van der Waals surface area contributed by atoms with Gasteiger partial charge in [-0.3, -0.25) is 9.59 Å². The number of carbonyl (C=O) groups excluding carboxylic acids is 1. The number of likely N-dealkylation sites (N-methyl/N-ethyl adjacent to an activating group) is 1. The monoisotopic (exact) mass is 312 g/mol. The number of hydrogen-bond acceptors (Lipinski definition) is 4. The van der Waals surface area contributed by atoms with E-state index in [2.05, 4.69) is 17.3 Å². The molecule has 0 bridgehead atoms. The Labute approximate surface area is 129 Å². The van der Waals surface area contributed by atoms with E-state index >= 15 is 0 Å². The van der Waals surface area contributed by atoms with Crippen molar-refractivity contribution in [2.75, 3.05) is 18.9 Å². The zero-order chi connectivity index (χ0) is 15.4. The number of piperidine rings is 1. The van der Waals surface area contributed by atoms with E-state index in [-0.39, 0.29) is 22.5 Å². The predicted octanol–water partition coefficient (Wildman–Crippen LogP) is 1.73. The topological polar surface area (TPSA) is 67.2 Å². The van der Waals surface area contributed by atoms with Crippen molar-refractivity contribution in [1.29, 1.82) is 0 Å². The van der Waals surface area contributed by atoms with Crippen LogP contribution in [0.3, 0.4) is 0 Å². The summed E-state index contributed by atoms with van der Waals surface area (Å²) in [6.45, 7) is 3.24. The summed E-state index contributed by atoms with van der Waals surface area (Å²) in [4.78, 5) is 25.3. The lowest BCUT2D eigenvalue weighted by atomic mass is 10.1. The van der Waals surface area contributed by atoms with E-state index in [4.69, 9.17) is 11.6 Å². The summed E-state index contributed by atoms with van der Waals surface area (Å²) in [6.07, 6.45) is 4.72. The van der Waals surface area contributed by atoms with Gasteiger partial charge in [0, 0.05) is 32.6 Å². The highest BCUT2D eigenvalue weighted by atomic mass is 35.5. The van der Waals surface area contributed by atoms with Gasteiger partial charge in [0.2, 0.25) is 5.91 Å². The van der Waals surface area contributed by atoms with Crippen LogP contribution in [0.2, 0.25) is 5.02 Å². The van der Waals surface area contributed by atoms with Crippen LogP contribution in [0, 0.1) is 0 Å². The molecule has 1 aromatic rings. The van der Waals surface area contributed by atoms with Crippen LogP contribution >= 0.6 is 11.6 Å². The third-order valence-electron chi connectivity index (χ3n) is 3.69. The minimum atomic E-state index is -0.268. The zero-order valence-corrected chi connectivity index (χ0v) is 13.2. The summed E-state index contributed by atoms with van der Waals surface area (Å²) in [6, 6.07) is 0.0953. The van der Waals surface area contributed by atoms with E-state index in [9.17, 15) is 9.59 Å². The van der Waals surface area contributed by atoms with E-state index in [1.54, 1.807) is 18.1 Å². The highest BCUT2D eigenvalue weighted by Gasteiger charge is 2.23. The molecule has 0 aliphatic carbocycles. The number of carbonyl (C=O) groups is 1. The molecular formula is C14H21ClN4O2. The molecule has 2 rings (SSSR count). The van der Waals surface area contributed by atoms with E-state index in [1.165, 1.54) is 4.68 Å². The molecule has 0 spiro atoms. The van der Waals surface area contributed by atoms with Crippen molar-refractivity contribution in [3.8, 4) is 0 Å². The number of aryl methyl sites for hydroxylation is 1. The van der Waals surface area contributed by atoms with Crippen molar-refractivity contribution in [2.45, 2.75) is 45.2 Å². The third kappa shape index (κ3) is 3.75. The Morgan fingerprint density at radius 1 is 1.48 bits per heavy atom. The Morgan fingerprint density at radius 2 is 2.24 bits per heavy atom. The van der Waals surface area contributed by atoms with Gasteiger partial charge in [0.1, 0.15) is 5.02 Å². The lowest BCUT2D eigenvalue weighted by Gasteiger charge is -2.30. The molecule has 0 radical (unpaired) electrons. The predicted molar refractivity (Wildman–Crippen MR) is 82.7 cm³/mol. The van der Waals surface area contributed by atoms with Crippen molar-refractivity contribution in [3.63, 3.8) is 0 Å². The zero-order valence-electron chi connectivity index (χ0n) is 12.4. The molecule has 6 nitrogen and oxygen atoms in total. The van der Waals surface area contributed by atoms with Crippen LogP contribution in [-0.2, 0) is 11.3 Å². The molecule has 116 valence electrons. The summed E-state index contributed by atoms with van der Waals surface area (Å²) in [5.41, 5.74) is 0.275. The minimum Gasteiger partial charge on any atom is -0.378 e. The fourth-order valence-corrected chi connectivity index (χ4v) is 2.58. The maximum Gasteiger partial charge on any atom is 0.287 e. The van der Waals surface area contributed by atoms with Crippen LogP contribution in [0.4, 0.5) is 5.69 Å². The molecule has 2 heterocycles. The van der Waals surface area contributed by atoms with Crippen LogP contribution in [0.15, 0.2) is 11.0 Å². The highest BCUT2D eigenvalue weighted by Crippen LogP contribution is 2.20. The van der Waals surface area contributed by atoms with E-state index in [0.29, 0.717) is 25.2 Å². The summed E-state index contributed by atoms with van der Waals surface area (Å²) >= 11 is 6.15. The van der Waals surface area contributed by atoms with Gasteiger partial charge >= 0.3 is 0 Å². The van der Waals surface area contributed by atoms with Crippen LogP contribution in [0.5, 0.6) is 0 Å². The molecule has 0 saturated carbocycles. The second-order valence-corrected chi connectivity index (χ2v) is 5.79. The molecule has 0 aromatic carbocycles. The minimum absolute atomic E-state index is 0.0953. The van der Waals surface area contributed by atoms with Gasteiger partial charge in [-0.1, -0.05) is 24.9 Å². The lowest BCUT2D eigenvalue weighted by Crippen LogP contribution is -2.43. The lowest BCUT2D eigenvalue weighted by molar-refractivity contribution is -0.132. The molecular weight excluding hydrogens is 292 g/mol. The Morgan fingerprint density at radius 3 is 2.90 bits per heavy atom. The third-order valence-corrected chi connectivity index (χ3v) is 4.06. The second kappa shape index (κ2) is 6.93. The Hall–Kier alpha value is -1.56. The number of aromatic nitrogens is 2. The summed E-state index contributed by atoms with van der Waals surface area (Å²) in [5, 5.41) is 7.54. The van der Waals surface area contributed by atoms with Crippen molar-refractivity contribution in [1.82, 2.24) is 14.7 Å². The van der Waals surface area contributed by atoms with Crippen LogP contribution < -0.4 is 10.9 Å². The second-order valence-electron chi connectivity index (χ2n) is 5.41. The van der Waals surface area contributed by atoms with E-state index in [0.717, 1.165) is 19.3 Å². The summed E-state index contributed by atoms with van der Waals surface area (Å²) in [5.74, 6) is 0.146. The van der Waals surface area contributed by atoms with Crippen LogP contribution in [0.1, 0.15) is 32.6 Å². The van der Waals surface area contributed by atoms with Gasteiger partial charge in [-0.25, -0.2) is 4.68 Å². The molecule has 7 heteroatoms. The first-order chi connectivity index (χ1) is 10.0. The maximum absolute atomic E-state index is 12.1. The van der Waals surface area contributed by atoms with Gasteiger partial charge in [-0.05, 0) is 12.8 Å². The molecule has 1 N–H and O–H groups in total. The highest BCUT2D eigenvalue weighted by molar-refractivity contribution is 6.32. The Kier molecular flexibility index (Phi) is 5.22.